The molecule has 0 bridgehead atoms. The van der Waals surface area contributed by atoms with Crippen molar-refractivity contribution in [3.05, 3.63) is 70.4 Å². The molecule has 146 valence electrons. The fourth-order valence-corrected chi connectivity index (χ4v) is 3.99. The molecule has 0 unspecified atom stereocenters. The van der Waals surface area contributed by atoms with E-state index >= 15 is 0 Å². The number of benzene rings is 2. The summed E-state index contributed by atoms with van der Waals surface area (Å²) in [5.41, 5.74) is 2.59. The summed E-state index contributed by atoms with van der Waals surface area (Å²) in [6, 6.07) is 15.4. The first-order valence-electron chi connectivity index (χ1n) is 9.47. The van der Waals surface area contributed by atoms with Crippen molar-refractivity contribution in [2.75, 3.05) is 32.8 Å². The summed E-state index contributed by atoms with van der Waals surface area (Å²) in [7, 11) is 0. The van der Waals surface area contributed by atoms with E-state index in [1.54, 1.807) is 0 Å². The highest BCUT2D eigenvalue weighted by Gasteiger charge is 2.26. The number of furan rings is 1. The van der Waals surface area contributed by atoms with Gasteiger partial charge in [-0.15, -0.1) is 0 Å². The van der Waals surface area contributed by atoms with E-state index in [1.165, 1.54) is 0 Å². The Balaban J connectivity index is 1.55. The number of halogens is 1. The normalized spacial score (nSPS) is 16.2. The van der Waals surface area contributed by atoms with Gasteiger partial charge in [-0.3, -0.25) is 9.69 Å². The van der Waals surface area contributed by atoms with Crippen LogP contribution in [0.3, 0.4) is 0 Å². The van der Waals surface area contributed by atoms with Gasteiger partial charge < -0.3 is 14.5 Å². The molecule has 1 N–H and O–H groups in total. The molecule has 1 saturated heterocycles. The number of carbonyl (C=O) groups excluding carboxylic acids is 1. The molecule has 1 aliphatic rings. The fraction of sp³-hybridized carbons (Fsp3) is 0.318. The van der Waals surface area contributed by atoms with Crippen LogP contribution in [0.2, 0.25) is 5.02 Å². The SMILES string of the molecule is Cc1c(C(=O)NC[C@H](c2ccccc2Cl)N2CCOCC2)oc2ccccc12. The molecule has 1 atom stereocenters. The average molecular weight is 399 g/mol. The predicted octanol–water partition coefficient (Wildman–Crippen LogP) is 4.20. The Hall–Kier alpha value is -2.34. The van der Waals surface area contributed by atoms with Crippen LogP contribution in [0, 0.1) is 6.92 Å². The fourth-order valence-electron chi connectivity index (χ4n) is 3.73. The summed E-state index contributed by atoms with van der Waals surface area (Å²) in [5, 5.41) is 4.71. The molecule has 1 aromatic heterocycles. The van der Waals surface area contributed by atoms with Crippen LogP contribution >= 0.6 is 11.6 Å². The van der Waals surface area contributed by atoms with Gasteiger partial charge in [-0.1, -0.05) is 48.0 Å². The Morgan fingerprint density at radius 2 is 1.86 bits per heavy atom. The van der Waals surface area contributed by atoms with Crippen LogP contribution in [0.4, 0.5) is 0 Å². The van der Waals surface area contributed by atoms with Gasteiger partial charge in [0.05, 0.1) is 19.3 Å². The topological polar surface area (TPSA) is 54.7 Å². The summed E-state index contributed by atoms with van der Waals surface area (Å²) < 4.78 is 11.3. The van der Waals surface area contributed by atoms with E-state index in [0.717, 1.165) is 35.2 Å². The van der Waals surface area contributed by atoms with E-state index in [9.17, 15) is 4.79 Å². The lowest BCUT2D eigenvalue weighted by molar-refractivity contribution is 0.0162. The van der Waals surface area contributed by atoms with Crippen LogP contribution in [0.5, 0.6) is 0 Å². The van der Waals surface area contributed by atoms with Gasteiger partial charge in [-0.2, -0.15) is 0 Å². The summed E-state index contributed by atoms with van der Waals surface area (Å²) >= 11 is 6.46. The van der Waals surface area contributed by atoms with E-state index < -0.39 is 0 Å². The largest absolute Gasteiger partial charge is 0.451 e. The van der Waals surface area contributed by atoms with Gasteiger partial charge in [-0.05, 0) is 24.6 Å². The summed E-state index contributed by atoms with van der Waals surface area (Å²) in [6.07, 6.45) is 0. The molecule has 0 spiro atoms. The average Bonchev–Trinajstić information content (AvgIpc) is 3.07. The molecule has 0 saturated carbocycles. The van der Waals surface area contributed by atoms with Crippen LogP contribution in [0.25, 0.3) is 11.0 Å². The highest BCUT2D eigenvalue weighted by molar-refractivity contribution is 6.31. The number of fused-ring (bicyclic) bond motifs is 1. The Kier molecular flexibility index (Phi) is 5.67. The first-order chi connectivity index (χ1) is 13.6. The van der Waals surface area contributed by atoms with Gasteiger partial charge in [0, 0.05) is 35.6 Å². The first kappa shape index (κ1) is 19.0. The Bertz CT molecular complexity index is 979. The maximum absolute atomic E-state index is 12.9. The van der Waals surface area contributed by atoms with Gasteiger partial charge in [0.15, 0.2) is 5.76 Å². The molecule has 3 aromatic rings. The molecular weight excluding hydrogens is 376 g/mol. The zero-order chi connectivity index (χ0) is 19.5. The molecule has 0 aliphatic carbocycles. The number of nitrogens with zero attached hydrogens (tertiary/aromatic N) is 1. The molecule has 4 rings (SSSR count). The van der Waals surface area contributed by atoms with Crippen molar-refractivity contribution in [3.63, 3.8) is 0 Å². The third-order valence-electron chi connectivity index (χ3n) is 5.26. The van der Waals surface area contributed by atoms with Crippen molar-refractivity contribution in [2.45, 2.75) is 13.0 Å². The van der Waals surface area contributed by atoms with Gasteiger partial charge >= 0.3 is 0 Å². The number of ether oxygens (including phenoxy) is 1. The minimum Gasteiger partial charge on any atom is -0.451 e. The second kappa shape index (κ2) is 8.35. The van der Waals surface area contributed by atoms with Gasteiger partial charge in [-0.25, -0.2) is 0 Å². The monoisotopic (exact) mass is 398 g/mol. The molecule has 1 fully saturated rings. The molecular formula is C22H23ClN2O3. The second-order valence-corrected chi connectivity index (χ2v) is 7.36. The molecule has 28 heavy (non-hydrogen) atoms. The summed E-state index contributed by atoms with van der Waals surface area (Å²) in [6.45, 7) is 5.31. The number of nitrogens with one attached hydrogen (secondary N) is 1. The van der Waals surface area contributed by atoms with E-state index in [4.69, 9.17) is 20.8 Å². The minimum absolute atomic E-state index is 0.0220. The highest BCUT2D eigenvalue weighted by Crippen LogP contribution is 2.29. The van der Waals surface area contributed by atoms with Crippen LogP contribution in [0.1, 0.15) is 27.7 Å². The van der Waals surface area contributed by atoms with E-state index in [0.29, 0.717) is 30.5 Å². The van der Waals surface area contributed by atoms with Crippen LogP contribution in [0.15, 0.2) is 52.9 Å². The Labute approximate surface area is 169 Å². The van der Waals surface area contributed by atoms with Crippen LogP contribution < -0.4 is 5.32 Å². The van der Waals surface area contributed by atoms with Gasteiger partial charge in [0.2, 0.25) is 0 Å². The number of hydrogen-bond acceptors (Lipinski definition) is 4. The lowest BCUT2D eigenvalue weighted by Gasteiger charge is -2.35. The van der Waals surface area contributed by atoms with Crippen molar-refractivity contribution in [2.24, 2.45) is 0 Å². The molecule has 0 radical (unpaired) electrons. The lowest BCUT2D eigenvalue weighted by Crippen LogP contribution is -2.44. The lowest BCUT2D eigenvalue weighted by atomic mass is 10.0. The molecule has 1 aliphatic heterocycles. The van der Waals surface area contributed by atoms with E-state index in [-0.39, 0.29) is 11.9 Å². The molecule has 6 heteroatoms. The number of aryl methyl sites for hydroxylation is 1. The number of rotatable bonds is 5. The Morgan fingerprint density at radius 3 is 2.61 bits per heavy atom. The van der Waals surface area contributed by atoms with Crippen molar-refractivity contribution < 1.29 is 13.9 Å². The molecule has 2 heterocycles. The van der Waals surface area contributed by atoms with Crippen molar-refractivity contribution in [3.8, 4) is 0 Å². The third kappa shape index (κ3) is 3.78. The second-order valence-electron chi connectivity index (χ2n) is 6.95. The highest BCUT2D eigenvalue weighted by atomic mass is 35.5. The number of morpholine rings is 1. The number of carbonyl (C=O) groups is 1. The van der Waals surface area contributed by atoms with Crippen LogP contribution in [-0.2, 0) is 4.74 Å². The first-order valence-corrected chi connectivity index (χ1v) is 9.85. The third-order valence-corrected chi connectivity index (χ3v) is 5.60. The maximum Gasteiger partial charge on any atom is 0.287 e. The predicted molar refractivity (Wildman–Crippen MR) is 110 cm³/mol. The zero-order valence-electron chi connectivity index (χ0n) is 15.8. The maximum atomic E-state index is 12.9. The zero-order valence-corrected chi connectivity index (χ0v) is 16.5. The molecule has 5 nitrogen and oxygen atoms in total. The van der Waals surface area contributed by atoms with Crippen molar-refractivity contribution in [1.82, 2.24) is 10.2 Å². The van der Waals surface area contributed by atoms with Crippen molar-refractivity contribution >= 4 is 28.5 Å². The van der Waals surface area contributed by atoms with Crippen molar-refractivity contribution in [1.29, 1.82) is 0 Å². The number of para-hydroxylation sites is 1. The number of amides is 1. The Morgan fingerprint density at radius 1 is 1.14 bits per heavy atom. The summed E-state index contributed by atoms with van der Waals surface area (Å²) in [5.74, 6) is 0.153. The smallest absolute Gasteiger partial charge is 0.287 e. The van der Waals surface area contributed by atoms with Gasteiger partial charge in [0.25, 0.3) is 5.91 Å². The minimum atomic E-state index is -0.209. The summed E-state index contributed by atoms with van der Waals surface area (Å²) in [4.78, 5) is 15.2. The number of hydrogen-bond donors (Lipinski definition) is 1. The van der Waals surface area contributed by atoms with E-state index in [2.05, 4.69) is 10.2 Å². The molecule has 1 amide bonds. The van der Waals surface area contributed by atoms with E-state index in [1.807, 2.05) is 55.5 Å². The van der Waals surface area contributed by atoms with Crippen LogP contribution in [-0.4, -0.2) is 43.7 Å². The van der Waals surface area contributed by atoms with Gasteiger partial charge in [0.1, 0.15) is 5.58 Å². The standard InChI is InChI=1S/C22H23ClN2O3/c1-15-16-6-3-5-9-20(16)28-21(15)22(26)24-14-19(25-10-12-27-13-11-25)17-7-2-4-8-18(17)23/h2-9,19H,10-14H2,1H3,(H,24,26)/t19-/m1/s1. The molecule has 2 aromatic carbocycles. The quantitative estimate of drug-likeness (QED) is 0.699.